The van der Waals surface area contributed by atoms with Gasteiger partial charge in [0.1, 0.15) is 0 Å². The third kappa shape index (κ3) is 6.01. The number of ether oxygens (including phenoxy) is 2. The van der Waals surface area contributed by atoms with Gasteiger partial charge in [0.05, 0.1) is 37.9 Å². The molecule has 0 saturated heterocycles. The monoisotopic (exact) mass is 478 g/mol. The number of hydrogen-bond donors (Lipinski definition) is 4. The molecule has 0 aliphatic heterocycles. The Morgan fingerprint density at radius 1 is 1.23 bits per heavy atom. The fourth-order valence-corrected chi connectivity index (χ4v) is 4.28. The number of amides is 1. The first-order valence-corrected chi connectivity index (χ1v) is 12.2. The van der Waals surface area contributed by atoms with Crippen molar-refractivity contribution in [2.75, 3.05) is 25.6 Å². The number of benzene rings is 2. The van der Waals surface area contributed by atoms with Gasteiger partial charge in [-0.15, -0.1) is 0 Å². The molecule has 2 aromatic carbocycles. The Kier molecular flexibility index (Phi) is 8.05. The van der Waals surface area contributed by atoms with Crippen LogP contribution < -0.4 is 25.8 Å². The third-order valence-corrected chi connectivity index (χ3v) is 6.24. The number of nitrogens with two attached hydrogens (primary N) is 1. The van der Waals surface area contributed by atoms with E-state index >= 15 is 0 Å². The minimum atomic E-state index is -0.444. The number of aliphatic hydroxyl groups is 1. The molecule has 3 aromatic rings. The lowest BCUT2D eigenvalue weighted by molar-refractivity contribution is -0.117. The van der Waals surface area contributed by atoms with Crippen molar-refractivity contribution in [3.63, 3.8) is 0 Å². The Hall–Kier alpha value is -3.36. The van der Waals surface area contributed by atoms with Crippen LogP contribution in [0.2, 0.25) is 0 Å². The summed E-state index contributed by atoms with van der Waals surface area (Å²) in [6.07, 6.45) is 5.89. The molecule has 8 heteroatoms. The van der Waals surface area contributed by atoms with Crippen molar-refractivity contribution in [1.29, 1.82) is 0 Å². The molecule has 186 valence electrons. The van der Waals surface area contributed by atoms with Crippen LogP contribution in [0.15, 0.2) is 36.5 Å². The van der Waals surface area contributed by atoms with Crippen LogP contribution in [-0.4, -0.2) is 42.3 Å². The Labute approximate surface area is 205 Å². The maximum atomic E-state index is 11.8. The normalized spacial score (nSPS) is 13.1. The number of aliphatic hydroxyl groups excluding tert-OH is 1. The van der Waals surface area contributed by atoms with Gasteiger partial charge in [-0.3, -0.25) is 9.78 Å². The van der Waals surface area contributed by atoms with Crippen LogP contribution in [0.1, 0.15) is 42.9 Å². The molecule has 1 aliphatic carbocycles. The fourth-order valence-electron chi connectivity index (χ4n) is 4.28. The van der Waals surface area contributed by atoms with E-state index in [4.69, 9.17) is 15.2 Å². The second-order valence-corrected chi connectivity index (χ2v) is 8.83. The van der Waals surface area contributed by atoms with Crippen LogP contribution >= 0.6 is 0 Å². The van der Waals surface area contributed by atoms with E-state index < -0.39 is 5.91 Å². The van der Waals surface area contributed by atoms with Crippen molar-refractivity contribution in [3.05, 3.63) is 53.2 Å². The maximum absolute atomic E-state index is 11.8. The predicted octanol–water partition coefficient (Wildman–Crippen LogP) is 3.59. The van der Waals surface area contributed by atoms with Crippen LogP contribution in [-0.2, 0) is 24.2 Å². The van der Waals surface area contributed by atoms with Crippen LogP contribution in [0.3, 0.4) is 0 Å². The average Bonchev–Trinajstić information content (AvgIpc) is 3.68. The van der Waals surface area contributed by atoms with Gasteiger partial charge in [0, 0.05) is 34.9 Å². The number of anilines is 2. The SMILES string of the molecule is CCc1c(CO)cccc1Nc1c(CC(N)=O)cnc2cc(OCCCNC3CC3)c(OC)cc12. The smallest absolute Gasteiger partial charge is 0.221 e. The first-order valence-electron chi connectivity index (χ1n) is 12.2. The molecule has 0 atom stereocenters. The highest BCUT2D eigenvalue weighted by atomic mass is 16.5. The van der Waals surface area contributed by atoms with Crippen LogP contribution in [0, 0.1) is 0 Å². The summed E-state index contributed by atoms with van der Waals surface area (Å²) in [6, 6.07) is 10.2. The molecule has 1 saturated carbocycles. The minimum Gasteiger partial charge on any atom is -0.493 e. The number of methoxy groups -OCH3 is 1. The molecule has 5 N–H and O–H groups in total. The molecule has 0 bridgehead atoms. The molecular formula is C27H34N4O4. The number of aromatic nitrogens is 1. The highest BCUT2D eigenvalue weighted by Crippen LogP contribution is 2.38. The lowest BCUT2D eigenvalue weighted by atomic mass is 10.0. The first kappa shape index (κ1) is 24.8. The Bertz CT molecular complexity index is 1190. The van der Waals surface area contributed by atoms with Crippen LogP contribution in [0.25, 0.3) is 10.9 Å². The molecule has 0 spiro atoms. The van der Waals surface area contributed by atoms with Crippen LogP contribution in [0.5, 0.6) is 11.5 Å². The predicted molar refractivity (Wildman–Crippen MR) is 137 cm³/mol. The summed E-state index contributed by atoms with van der Waals surface area (Å²) >= 11 is 0. The summed E-state index contributed by atoms with van der Waals surface area (Å²) in [4.78, 5) is 16.4. The second kappa shape index (κ2) is 11.4. The zero-order valence-electron chi connectivity index (χ0n) is 20.4. The number of pyridine rings is 1. The fraction of sp³-hybridized carbons (Fsp3) is 0.407. The number of hydrogen-bond acceptors (Lipinski definition) is 7. The van der Waals surface area contributed by atoms with Gasteiger partial charge in [0.15, 0.2) is 11.5 Å². The molecule has 1 fully saturated rings. The molecule has 0 unspecified atom stereocenters. The topological polar surface area (TPSA) is 119 Å². The van der Waals surface area contributed by atoms with Crippen LogP contribution in [0.4, 0.5) is 11.4 Å². The lowest BCUT2D eigenvalue weighted by Gasteiger charge is -2.19. The van der Waals surface area contributed by atoms with Crippen molar-refractivity contribution in [2.45, 2.75) is 51.7 Å². The van der Waals surface area contributed by atoms with Gasteiger partial charge in [-0.1, -0.05) is 19.1 Å². The number of rotatable bonds is 13. The van der Waals surface area contributed by atoms with E-state index in [9.17, 15) is 9.90 Å². The standard InChI is InChI=1S/C27H34N4O4/c1-3-20-17(16-32)6-4-7-22(20)31-27-18(12-26(28)33)15-30-23-14-25(24(34-2)13-21(23)27)35-11-5-10-29-19-8-9-19/h4,6-7,13-15,19,29,32H,3,5,8-12,16H2,1-2H3,(H2,28,33)(H,30,31). The van der Waals surface area contributed by atoms with Gasteiger partial charge in [0.25, 0.3) is 0 Å². The van der Waals surface area contributed by atoms with Crippen molar-refractivity contribution >= 4 is 28.2 Å². The molecule has 1 aromatic heterocycles. The first-order chi connectivity index (χ1) is 17.0. The molecule has 4 rings (SSSR count). The summed E-state index contributed by atoms with van der Waals surface area (Å²) in [7, 11) is 1.61. The van der Waals surface area contributed by atoms with Gasteiger partial charge >= 0.3 is 0 Å². The van der Waals surface area contributed by atoms with Gasteiger partial charge in [0.2, 0.25) is 5.91 Å². The Morgan fingerprint density at radius 3 is 2.74 bits per heavy atom. The molecule has 8 nitrogen and oxygen atoms in total. The summed E-state index contributed by atoms with van der Waals surface area (Å²) in [5, 5.41) is 17.6. The van der Waals surface area contributed by atoms with Gasteiger partial charge in [-0.05, 0) is 55.5 Å². The largest absolute Gasteiger partial charge is 0.493 e. The van der Waals surface area contributed by atoms with E-state index in [1.54, 1.807) is 13.3 Å². The Balaban J connectivity index is 1.69. The number of carbonyl (C=O) groups is 1. The molecule has 1 heterocycles. The number of carbonyl (C=O) groups excluding carboxylic acids is 1. The molecule has 0 radical (unpaired) electrons. The van der Waals surface area contributed by atoms with E-state index in [1.807, 2.05) is 37.3 Å². The van der Waals surface area contributed by atoms with Crippen molar-refractivity contribution in [1.82, 2.24) is 10.3 Å². The zero-order valence-corrected chi connectivity index (χ0v) is 20.4. The summed E-state index contributed by atoms with van der Waals surface area (Å²) in [5.41, 5.74) is 10.4. The van der Waals surface area contributed by atoms with Gasteiger partial charge in [-0.2, -0.15) is 0 Å². The van der Waals surface area contributed by atoms with E-state index in [-0.39, 0.29) is 13.0 Å². The number of nitrogens with one attached hydrogen (secondary N) is 2. The van der Waals surface area contributed by atoms with E-state index in [2.05, 4.69) is 15.6 Å². The van der Waals surface area contributed by atoms with E-state index in [0.29, 0.717) is 35.2 Å². The highest BCUT2D eigenvalue weighted by molar-refractivity contribution is 5.98. The van der Waals surface area contributed by atoms with E-state index in [0.717, 1.165) is 47.3 Å². The average molecular weight is 479 g/mol. The number of nitrogens with zero attached hydrogens (tertiary/aromatic N) is 1. The molecule has 1 amide bonds. The molecule has 1 aliphatic rings. The van der Waals surface area contributed by atoms with E-state index in [1.165, 1.54) is 12.8 Å². The maximum Gasteiger partial charge on any atom is 0.221 e. The quantitative estimate of drug-likeness (QED) is 0.277. The number of primary amides is 1. The van der Waals surface area contributed by atoms with Crippen molar-refractivity contribution in [2.24, 2.45) is 5.73 Å². The molecular weight excluding hydrogens is 444 g/mol. The zero-order chi connectivity index (χ0) is 24.8. The van der Waals surface area contributed by atoms with Crippen molar-refractivity contribution in [3.8, 4) is 11.5 Å². The van der Waals surface area contributed by atoms with Crippen molar-refractivity contribution < 1.29 is 19.4 Å². The third-order valence-electron chi connectivity index (χ3n) is 6.24. The minimum absolute atomic E-state index is 0.0426. The van der Waals surface area contributed by atoms with Gasteiger partial charge in [-0.25, -0.2) is 0 Å². The highest BCUT2D eigenvalue weighted by Gasteiger charge is 2.20. The number of fused-ring (bicyclic) bond motifs is 1. The summed E-state index contributed by atoms with van der Waals surface area (Å²) < 4.78 is 11.7. The lowest BCUT2D eigenvalue weighted by Crippen LogP contribution is -2.19. The van der Waals surface area contributed by atoms with Gasteiger partial charge < -0.3 is 30.9 Å². The summed E-state index contributed by atoms with van der Waals surface area (Å²) in [5.74, 6) is 0.776. The Morgan fingerprint density at radius 2 is 2.06 bits per heavy atom. The second-order valence-electron chi connectivity index (χ2n) is 8.83. The molecule has 35 heavy (non-hydrogen) atoms. The summed E-state index contributed by atoms with van der Waals surface area (Å²) in [6.45, 7) is 3.49.